The molecule has 1 aromatic rings. The zero-order chi connectivity index (χ0) is 15.2. The molecule has 1 aliphatic rings. The summed E-state index contributed by atoms with van der Waals surface area (Å²) in [4.78, 5) is 2.54. The summed E-state index contributed by atoms with van der Waals surface area (Å²) in [5.41, 5.74) is 7.34. The highest BCUT2D eigenvalue weighted by molar-refractivity contribution is 6.31. The molecule has 2 rings (SSSR count). The number of amidine groups is 1. The predicted octanol–water partition coefficient (Wildman–Crippen LogP) is 3.59. The third kappa shape index (κ3) is 4.11. The number of nitrogens with two attached hydrogens (primary N) is 1. The summed E-state index contributed by atoms with van der Waals surface area (Å²) >= 11 is 6.36. The first-order chi connectivity index (χ1) is 10.2. The summed E-state index contributed by atoms with van der Waals surface area (Å²) in [6.07, 6.45) is 6.36. The summed E-state index contributed by atoms with van der Waals surface area (Å²) in [5, 5.41) is 12.4. The van der Waals surface area contributed by atoms with Gasteiger partial charge in [0.2, 0.25) is 0 Å². The van der Waals surface area contributed by atoms with Gasteiger partial charge in [0.05, 0.1) is 0 Å². The molecule has 21 heavy (non-hydrogen) atoms. The van der Waals surface area contributed by atoms with Crippen molar-refractivity contribution in [2.24, 2.45) is 10.9 Å². The van der Waals surface area contributed by atoms with Crippen molar-refractivity contribution in [1.29, 1.82) is 0 Å². The molecule has 4 nitrogen and oxygen atoms in total. The Morgan fingerprint density at radius 3 is 2.90 bits per heavy atom. The first-order valence-corrected chi connectivity index (χ1v) is 8.04. The average Bonchev–Trinajstić information content (AvgIpc) is 2.73. The highest BCUT2D eigenvalue weighted by atomic mass is 35.5. The van der Waals surface area contributed by atoms with Gasteiger partial charge < -0.3 is 10.9 Å². The Kier molecular flexibility index (Phi) is 5.88. The predicted molar refractivity (Wildman–Crippen MR) is 86.9 cm³/mol. The van der Waals surface area contributed by atoms with E-state index in [1.807, 2.05) is 12.1 Å². The Labute approximate surface area is 131 Å². The molecule has 0 radical (unpaired) electrons. The van der Waals surface area contributed by atoms with Crippen LogP contribution in [-0.2, 0) is 6.54 Å². The molecule has 1 aromatic carbocycles. The lowest BCUT2D eigenvalue weighted by atomic mass is 10.1. The number of rotatable bonds is 4. The van der Waals surface area contributed by atoms with Gasteiger partial charge in [-0.3, -0.25) is 4.90 Å². The quantitative estimate of drug-likeness (QED) is 0.387. The van der Waals surface area contributed by atoms with Gasteiger partial charge in [0.25, 0.3) is 0 Å². The second kappa shape index (κ2) is 7.66. The molecule has 5 heteroatoms. The maximum Gasteiger partial charge on any atom is 0.170 e. The van der Waals surface area contributed by atoms with Gasteiger partial charge in [-0.05, 0) is 37.4 Å². The van der Waals surface area contributed by atoms with Crippen LogP contribution in [0.15, 0.2) is 23.4 Å². The fourth-order valence-corrected chi connectivity index (χ4v) is 3.26. The molecule has 116 valence electrons. The third-order valence-corrected chi connectivity index (χ3v) is 4.65. The normalized spacial score (nSPS) is 21.2. The van der Waals surface area contributed by atoms with Crippen molar-refractivity contribution in [2.75, 3.05) is 6.54 Å². The molecule has 1 atom stereocenters. The maximum atomic E-state index is 8.72. The van der Waals surface area contributed by atoms with Crippen LogP contribution in [0.3, 0.4) is 0 Å². The number of nitrogens with zero attached hydrogens (tertiary/aromatic N) is 2. The van der Waals surface area contributed by atoms with Crippen molar-refractivity contribution >= 4 is 17.4 Å². The Bertz CT molecular complexity index is 504. The molecule has 0 saturated carbocycles. The van der Waals surface area contributed by atoms with Crippen molar-refractivity contribution in [3.8, 4) is 0 Å². The molecule has 1 unspecified atom stereocenters. The van der Waals surface area contributed by atoms with E-state index in [0.29, 0.717) is 16.6 Å². The molecule has 1 fully saturated rings. The monoisotopic (exact) mass is 309 g/mol. The van der Waals surface area contributed by atoms with E-state index in [9.17, 15) is 0 Å². The van der Waals surface area contributed by atoms with Gasteiger partial charge in [0, 0.05) is 23.2 Å². The molecule has 1 saturated heterocycles. The Morgan fingerprint density at radius 2 is 2.24 bits per heavy atom. The van der Waals surface area contributed by atoms with E-state index in [0.717, 1.165) is 18.7 Å². The Morgan fingerprint density at radius 1 is 1.43 bits per heavy atom. The summed E-state index contributed by atoms with van der Waals surface area (Å²) in [6.45, 7) is 4.26. The van der Waals surface area contributed by atoms with Gasteiger partial charge in [0.15, 0.2) is 5.84 Å². The lowest BCUT2D eigenvalue weighted by Gasteiger charge is -2.29. The minimum atomic E-state index is 0.0876. The van der Waals surface area contributed by atoms with Gasteiger partial charge >= 0.3 is 0 Å². The third-order valence-electron chi connectivity index (χ3n) is 4.30. The Balaban J connectivity index is 2.14. The van der Waals surface area contributed by atoms with Crippen molar-refractivity contribution in [2.45, 2.75) is 51.6 Å². The summed E-state index contributed by atoms with van der Waals surface area (Å²) in [6, 6.07) is 6.25. The number of likely N-dealkylation sites (tertiary alicyclic amines) is 1. The minimum absolute atomic E-state index is 0.0876. The number of hydrogen-bond acceptors (Lipinski definition) is 3. The second-order valence-electron chi connectivity index (χ2n) is 5.67. The van der Waals surface area contributed by atoms with E-state index >= 15 is 0 Å². The van der Waals surface area contributed by atoms with Crippen LogP contribution in [0.2, 0.25) is 5.02 Å². The number of hydrogen-bond donors (Lipinski definition) is 2. The van der Waals surface area contributed by atoms with E-state index in [1.54, 1.807) is 6.07 Å². The lowest BCUT2D eigenvalue weighted by Crippen LogP contribution is -2.33. The van der Waals surface area contributed by atoms with Gasteiger partial charge in [-0.15, -0.1) is 0 Å². The van der Waals surface area contributed by atoms with Crippen LogP contribution in [0.25, 0.3) is 0 Å². The maximum absolute atomic E-state index is 8.72. The second-order valence-corrected chi connectivity index (χ2v) is 6.08. The molecule has 3 N–H and O–H groups in total. The average molecular weight is 310 g/mol. The van der Waals surface area contributed by atoms with Crippen LogP contribution in [0, 0.1) is 0 Å². The minimum Gasteiger partial charge on any atom is -0.409 e. The summed E-state index contributed by atoms with van der Waals surface area (Å²) in [7, 11) is 0. The van der Waals surface area contributed by atoms with E-state index in [2.05, 4.69) is 17.0 Å². The van der Waals surface area contributed by atoms with Crippen LogP contribution in [0.1, 0.15) is 50.2 Å². The van der Waals surface area contributed by atoms with Crippen molar-refractivity contribution < 1.29 is 5.21 Å². The van der Waals surface area contributed by atoms with Crippen LogP contribution < -0.4 is 5.73 Å². The molecular formula is C16H24ClN3O. The van der Waals surface area contributed by atoms with Crippen LogP contribution >= 0.6 is 11.6 Å². The van der Waals surface area contributed by atoms with Crippen molar-refractivity contribution in [3.05, 3.63) is 34.3 Å². The smallest absolute Gasteiger partial charge is 0.170 e. The fourth-order valence-electron chi connectivity index (χ4n) is 3.02. The number of benzene rings is 1. The molecule has 0 amide bonds. The molecule has 1 heterocycles. The standard InChI is InChI=1S/C16H24ClN3O/c1-2-14-6-4-3-5-9-20(14)11-13-8-7-12(10-15(13)17)16(18)19-21/h7-8,10,14,21H,2-6,9,11H2,1H3,(H2,18,19). The molecule has 0 spiro atoms. The Hall–Kier alpha value is -1.26. The molecule has 0 aliphatic carbocycles. The van der Waals surface area contributed by atoms with E-state index < -0.39 is 0 Å². The van der Waals surface area contributed by atoms with Gasteiger partial charge in [-0.2, -0.15) is 0 Å². The van der Waals surface area contributed by atoms with Gasteiger partial charge in [0.1, 0.15) is 0 Å². The first kappa shape index (κ1) is 16.1. The van der Waals surface area contributed by atoms with Gasteiger partial charge in [-0.1, -0.05) is 48.7 Å². The number of oxime groups is 1. The lowest BCUT2D eigenvalue weighted by molar-refractivity contribution is 0.186. The zero-order valence-corrected chi connectivity index (χ0v) is 13.3. The zero-order valence-electron chi connectivity index (χ0n) is 12.6. The fraction of sp³-hybridized carbons (Fsp3) is 0.562. The van der Waals surface area contributed by atoms with E-state index in [4.69, 9.17) is 22.5 Å². The van der Waals surface area contributed by atoms with E-state index in [1.165, 1.54) is 32.1 Å². The SMILES string of the molecule is CCC1CCCCCN1Cc1ccc(/C(N)=N/O)cc1Cl. The molecule has 0 aromatic heterocycles. The largest absolute Gasteiger partial charge is 0.409 e. The van der Waals surface area contributed by atoms with E-state index in [-0.39, 0.29) is 5.84 Å². The summed E-state index contributed by atoms with van der Waals surface area (Å²) < 4.78 is 0. The van der Waals surface area contributed by atoms with Crippen molar-refractivity contribution in [3.63, 3.8) is 0 Å². The highest BCUT2D eigenvalue weighted by Gasteiger charge is 2.20. The molecular weight excluding hydrogens is 286 g/mol. The van der Waals surface area contributed by atoms with Crippen LogP contribution in [0.5, 0.6) is 0 Å². The van der Waals surface area contributed by atoms with Crippen molar-refractivity contribution in [1.82, 2.24) is 4.90 Å². The molecule has 0 bridgehead atoms. The van der Waals surface area contributed by atoms with Crippen LogP contribution in [0.4, 0.5) is 0 Å². The number of halogens is 1. The summed E-state index contributed by atoms with van der Waals surface area (Å²) in [5.74, 6) is 0.0876. The van der Waals surface area contributed by atoms with Gasteiger partial charge in [-0.25, -0.2) is 0 Å². The first-order valence-electron chi connectivity index (χ1n) is 7.66. The van der Waals surface area contributed by atoms with Crippen LogP contribution in [-0.4, -0.2) is 28.5 Å². The molecule has 1 aliphatic heterocycles. The topological polar surface area (TPSA) is 61.8 Å². The highest BCUT2D eigenvalue weighted by Crippen LogP contribution is 2.25.